The van der Waals surface area contributed by atoms with E-state index in [0.717, 1.165) is 17.8 Å². The van der Waals surface area contributed by atoms with E-state index < -0.39 is 0 Å². The molecule has 1 aliphatic rings. The Morgan fingerprint density at radius 1 is 1.19 bits per heavy atom. The van der Waals surface area contributed by atoms with Crippen LogP contribution in [0.25, 0.3) is 0 Å². The molecule has 2 rings (SSSR count). The van der Waals surface area contributed by atoms with Crippen molar-refractivity contribution in [3.05, 3.63) is 18.5 Å². The maximum absolute atomic E-state index is 4.37. The summed E-state index contributed by atoms with van der Waals surface area (Å²) >= 11 is 3.52. The van der Waals surface area contributed by atoms with Gasteiger partial charge in [0, 0.05) is 30.3 Å². The first kappa shape index (κ1) is 11.8. The molecule has 0 aliphatic heterocycles. The van der Waals surface area contributed by atoms with Gasteiger partial charge in [-0.2, -0.15) is 0 Å². The van der Waals surface area contributed by atoms with Crippen LogP contribution < -0.4 is 4.90 Å². The highest BCUT2D eigenvalue weighted by atomic mass is 79.9. The summed E-state index contributed by atoms with van der Waals surface area (Å²) in [6.07, 6.45) is 10.3. The molecule has 0 radical (unpaired) electrons. The molecule has 4 heteroatoms. The van der Waals surface area contributed by atoms with Gasteiger partial charge in [-0.1, -0.05) is 35.2 Å². The van der Waals surface area contributed by atoms with Crippen LogP contribution >= 0.6 is 15.9 Å². The van der Waals surface area contributed by atoms with Gasteiger partial charge >= 0.3 is 0 Å². The van der Waals surface area contributed by atoms with Crippen molar-refractivity contribution in [3.63, 3.8) is 0 Å². The fourth-order valence-corrected chi connectivity index (χ4v) is 2.75. The monoisotopic (exact) mass is 283 g/mol. The van der Waals surface area contributed by atoms with E-state index in [1.54, 1.807) is 0 Å². The zero-order valence-corrected chi connectivity index (χ0v) is 11.1. The Labute approximate surface area is 105 Å². The van der Waals surface area contributed by atoms with Crippen molar-refractivity contribution in [3.8, 4) is 0 Å². The minimum atomic E-state index is 0.633. The largest absolute Gasteiger partial charge is 0.337 e. The Morgan fingerprint density at radius 3 is 2.50 bits per heavy atom. The van der Waals surface area contributed by atoms with Crippen LogP contribution in [0, 0.1) is 0 Å². The van der Waals surface area contributed by atoms with Crippen LogP contribution in [-0.4, -0.2) is 27.9 Å². The van der Waals surface area contributed by atoms with E-state index >= 15 is 0 Å². The minimum Gasteiger partial charge on any atom is -0.337 e. The number of alkyl halides is 1. The third-order valence-corrected chi connectivity index (χ3v) is 3.50. The first-order chi connectivity index (χ1) is 7.92. The van der Waals surface area contributed by atoms with Crippen molar-refractivity contribution in [2.75, 3.05) is 16.8 Å². The van der Waals surface area contributed by atoms with Gasteiger partial charge in [0.1, 0.15) is 0 Å². The van der Waals surface area contributed by atoms with E-state index in [1.807, 2.05) is 18.5 Å². The molecule has 3 nitrogen and oxygen atoms in total. The van der Waals surface area contributed by atoms with Crippen LogP contribution in [0.4, 0.5) is 5.95 Å². The second kappa shape index (κ2) is 6.18. The summed E-state index contributed by atoms with van der Waals surface area (Å²) in [5.74, 6) is 0.883. The summed E-state index contributed by atoms with van der Waals surface area (Å²) in [6, 6.07) is 2.50. The molecular weight excluding hydrogens is 266 g/mol. The van der Waals surface area contributed by atoms with Gasteiger partial charge in [0.05, 0.1) is 0 Å². The van der Waals surface area contributed by atoms with Gasteiger partial charge in [0.15, 0.2) is 0 Å². The van der Waals surface area contributed by atoms with E-state index in [-0.39, 0.29) is 0 Å². The zero-order chi connectivity index (χ0) is 11.2. The molecule has 0 atom stereocenters. The van der Waals surface area contributed by atoms with E-state index in [0.29, 0.717) is 6.04 Å². The van der Waals surface area contributed by atoms with Crippen LogP contribution in [0.3, 0.4) is 0 Å². The number of rotatable bonds is 4. The maximum Gasteiger partial charge on any atom is 0.225 e. The molecule has 0 aromatic carbocycles. The number of hydrogen-bond donors (Lipinski definition) is 0. The highest BCUT2D eigenvalue weighted by molar-refractivity contribution is 9.09. The van der Waals surface area contributed by atoms with Crippen molar-refractivity contribution in [1.82, 2.24) is 9.97 Å². The average Bonchev–Trinajstić information content (AvgIpc) is 2.38. The number of nitrogens with zero attached hydrogens (tertiary/aromatic N) is 3. The van der Waals surface area contributed by atoms with E-state index in [2.05, 4.69) is 30.8 Å². The molecule has 1 saturated carbocycles. The topological polar surface area (TPSA) is 29.0 Å². The highest BCUT2D eigenvalue weighted by Crippen LogP contribution is 2.24. The number of halogens is 1. The normalized spacial score (nSPS) is 17.3. The van der Waals surface area contributed by atoms with E-state index in [9.17, 15) is 0 Å². The van der Waals surface area contributed by atoms with Crippen molar-refractivity contribution in [2.45, 2.75) is 38.1 Å². The molecule has 1 heterocycles. The summed E-state index contributed by atoms with van der Waals surface area (Å²) in [7, 11) is 0. The predicted molar refractivity (Wildman–Crippen MR) is 70.0 cm³/mol. The molecule has 0 N–H and O–H groups in total. The van der Waals surface area contributed by atoms with Crippen LogP contribution in [0.15, 0.2) is 18.5 Å². The maximum atomic E-state index is 4.37. The smallest absolute Gasteiger partial charge is 0.225 e. The summed E-state index contributed by atoms with van der Waals surface area (Å²) in [4.78, 5) is 11.1. The van der Waals surface area contributed by atoms with Gasteiger partial charge in [-0.05, 0) is 18.9 Å². The van der Waals surface area contributed by atoms with E-state index in [4.69, 9.17) is 0 Å². The molecule has 1 aromatic heterocycles. The number of aromatic nitrogens is 2. The fourth-order valence-electron chi connectivity index (χ4n) is 2.37. The summed E-state index contributed by atoms with van der Waals surface area (Å²) in [5, 5.41) is 0.974. The lowest BCUT2D eigenvalue weighted by atomic mass is 9.94. The Kier molecular flexibility index (Phi) is 4.57. The zero-order valence-electron chi connectivity index (χ0n) is 9.48. The number of anilines is 1. The highest BCUT2D eigenvalue weighted by Gasteiger charge is 2.22. The van der Waals surface area contributed by atoms with Gasteiger partial charge in [0.2, 0.25) is 5.95 Å². The lowest BCUT2D eigenvalue weighted by Gasteiger charge is -2.33. The molecule has 0 saturated heterocycles. The molecule has 88 valence electrons. The minimum absolute atomic E-state index is 0.633. The van der Waals surface area contributed by atoms with Gasteiger partial charge in [-0.3, -0.25) is 0 Å². The lowest BCUT2D eigenvalue weighted by Crippen LogP contribution is -2.39. The van der Waals surface area contributed by atoms with Gasteiger partial charge in [0.25, 0.3) is 0 Å². The Balaban J connectivity index is 2.09. The SMILES string of the molecule is BrCCN(c1ncccn1)C1CCCCC1. The predicted octanol–water partition coefficient (Wildman–Crippen LogP) is 3.01. The fraction of sp³-hybridized carbons (Fsp3) is 0.667. The molecule has 0 bridgehead atoms. The molecule has 0 amide bonds. The number of hydrogen-bond acceptors (Lipinski definition) is 3. The van der Waals surface area contributed by atoms with Crippen molar-refractivity contribution < 1.29 is 0 Å². The van der Waals surface area contributed by atoms with Crippen LogP contribution in [0.1, 0.15) is 32.1 Å². The quantitative estimate of drug-likeness (QED) is 0.796. The van der Waals surface area contributed by atoms with E-state index in [1.165, 1.54) is 32.1 Å². The first-order valence-corrected chi connectivity index (χ1v) is 7.13. The molecule has 1 aliphatic carbocycles. The average molecular weight is 284 g/mol. The third-order valence-electron chi connectivity index (χ3n) is 3.15. The summed E-state index contributed by atoms with van der Waals surface area (Å²) in [5.41, 5.74) is 0. The van der Waals surface area contributed by atoms with Crippen LogP contribution in [0.2, 0.25) is 0 Å². The molecule has 16 heavy (non-hydrogen) atoms. The second-order valence-corrected chi connectivity index (χ2v) is 5.02. The molecule has 0 unspecified atom stereocenters. The first-order valence-electron chi connectivity index (χ1n) is 6.01. The van der Waals surface area contributed by atoms with Gasteiger partial charge in [-0.15, -0.1) is 0 Å². The lowest BCUT2D eigenvalue weighted by molar-refractivity contribution is 0.415. The van der Waals surface area contributed by atoms with Gasteiger partial charge < -0.3 is 4.90 Å². The van der Waals surface area contributed by atoms with Crippen molar-refractivity contribution in [1.29, 1.82) is 0 Å². The molecule has 0 spiro atoms. The molecule has 1 fully saturated rings. The second-order valence-electron chi connectivity index (χ2n) is 4.22. The summed E-state index contributed by atoms with van der Waals surface area (Å²) < 4.78 is 0. The summed E-state index contributed by atoms with van der Waals surface area (Å²) in [6.45, 7) is 0.995. The van der Waals surface area contributed by atoms with Crippen molar-refractivity contribution >= 4 is 21.9 Å². The van der Waals surface area contributed by atoms with Crippen LogP contribution in [0.5, 0.6) is 0 Å². The Morgan fingerprint density at radius 2 is 1.88 bits per heavy atom. The Hall–Kier alpha value is -0.640. The van der Waals surface area contributed by atoms with Gasteiger partial charge in [-0.25, -0.2) is 9.97 Å². The Bertz CT molecular complexity index is 298. The third kappa shape index (κ3) is 2.94. The van der Waals surface area contributed by atoms with Crippen molar-refractivity contribution in [2.24, 2.45) is 0 Å². The molecular formula is C12H18BrN3. The standard InChI is InChI=1S/C12H18BrN3/c13-7-10-16(11-5-2-1-3-6-11)12-14-8-4-9-15-12/h4,8-9,11H,1-3,5-7,10H2. The molecule has 1 aromatic rings. The van der Waals surface area contributed by atoms with Crippen LogP contribution in [-0.2, 0) is 0 Å².